The molecular formula is C24H43NO3. The van der Waals surface area contributed by atoms with Crippen molar-refractivity contribution in [1.29, 1.82) is 0 Å². The Kier molecular flexibility index (Phi) is 14.7. The number of nitrogens with zero attached hydrogens (tertiary/aromatic N) is 1. The number of likely N-dealkylation sites (tertiary alicyclic amines) is 1. The molecule has 0 aromatic carbocycles. The molecule has 1 saturated heterocycles. The van der Waals surface area contributed by atoms with Crippen LogP contribution in [0.5, 0.6) is 0 Å². The van der Waals surface area contributed by atoms with Gasteiger partial charge in [0.2, 0.25) is 5.91 Å². The molecule has 0 aromatic rings. The molecule has 1 aliphatic heterocycles. The average molecular weight is 394 g/mol. The van der Waals surface area contributed by atoms with Crippen LogP contribution >= 0.6 is 0 Å². The third-order valence-corrected chi connectivity index (χ3v) is 5.76. The first-order valence-electron chi connectivity index (χ1n) is 11.8. The van der Waals surface area contributed by atoms with Gasteiger partial charge in [0, 0.05) is 13.0 Å². The van der Waals surface area contributed by atoms with E-state index in [0.717, 1.165) is 25.7 Å². The minimum atomic E-state index is -0.849. The lowest BCUT2D eigenvalue weighted by Gasteiger charge is -2.33. The fourth-order valence-corrected chi connectivity index (χ4v) is 3.98. The predicted octanol–water partition coefficient (Wildman–Crippen LogP) is 6.49. The Morgan fingerprint density at radius 3 is 2.04 bits per heavy atom. The summed E-state index contributed by atoms with van der Waals surface area (Å²) in [6.07, 6.45) is 23.8. The first-order chi connectivity index (χ1) is 13.7. The molecule has 1 aliphatic rings. The van der Waals surface area contributed by atoms with Crippen molar-refractivity contribution < 1.29 is 14.7 Å². The number of allylic oxidation sites excluding steroid dienone is 2. The van der Waals surface area contributed by atoms with Crippen LogP contribution in [0.3, 0.4) is 0 Å². The highest BCUT2D eigenvalue weighted by atomic mass is 16.4. The third kappa shape index (κ3) is 11.5. The summed E-state index contributed by atoms with van der Waals surface area (Å²) < 4.78 is 0. The number of carbonyl (C=O) groups is 2. The fraction of sp³-hybridized carbons (Fsp3) is 0.833. The predicted molar refractivity (Wildman–Crippen MR) is 116 cm³/mol. The van der Waals surface area contributed by atoms with Crippen molar-refractivity contribution in [2.45, 2.75) is 122 Å². The van der Waals surface area contributed by atoms with Gasteiger partial charge in [-0.1, -0.05) is 70.4 Å². The van der Waals surface area contributed by atoms with Crippen molar-refractivity contribution in [3.8, 4) is 0 Å². The molecule has 162 valence electrons. The normalized spacial score (nSPS) is 17.3. The molecule has 4 heteroatoms. The second kappa shape index (κ2) is 16.6. The van der Waals surface area contributed by atoms with Crippen molar-refractivity contribution in [2.24, 2.45) is 0 Å². The van der Waals surface area contributed by atoms with Gasteiger partial charge < -0.3 is 10.0 Å². The Morgan fingerprint density at radius 2 is 1.43 bits per heavy atom. The van der Waals surface area contributed by atoms with E-state index in [4.69, 9.17) is 0 Å². The zero-order valence-corrected chi connectivity index (χ0v) is 18.2. The first-order valence-corrected chi connectivity index (χ1v) is 11.8. The lowest BCUT2D eigenvalue weighted by atomic mass is 10.0. The quantitative estimate of drug-likeness (QED) is 0.241. The number of aliphatic carboxylic acids is 1. The number of hydrogen-bond acceptors (Lipinski definition) is 2. The molecule has 1 heterocycles. The lowest BCUT2D eigenvalue weighted by molar-refractivity contribution is -0.152. The van der Waals surface area contributed by atoms with E-state index in [-0.39, 0.29) is 5.91 Å². The average Bonchev–Trinajstić information content (AvgIpc) is 2.70. The van der Waals surface area contributed by atoms with E-state index < -0.39 is 12.0 Å². The number of rotatable bonds is 16. The number of piperidine rings is 1. The van der Waals surface area contributed by atoms with E-state index in [1.165, 1.54) is 70.6 Å². The number of carbonyl (C=O) groups excluding carboxylic acids is 1. The summed E-state index contributed by atoms with van der Waals surface area (Å²) in [6, 6.07) is -0.593. The van der Waals surface area contributed by atoms with Crippen molar-refractivity contribution >= 4 is 11.9 Å². The van der Waals surface area contributed by atoms with Crippen LogP contribution in [-0.4, -0.2) is 34.5 Å². The minimum Gasteiger partial charge on any atom is -0.480 e. The molecule has 1 amide bonds. The second-order valence-electron chi connectivity index (χ2n) is 8.27. The summed E-state index contributed by atoms with van der Waals surface area (Å²) in [4.78, 5) is 25.2. The molecule has 1 fully saturated rings. The molecule has 1 atom stereocenters. The Labute approximate surface area is 172 Å². The van der Waals surface area contributed by atoms with E-state index in [2.05, 4.69) is 19.1 Å². The Hall–Kier alpha value is -1.32. The Balaban J connectivity index is 1.94. The number of carboxylic acid groups (broad SMARTS) is 1. The van der Waals surface area contributed by atoms with E-state index in [9.17, 15) is 14.7 Å². The number of amides is 1. The van der Waals surface area contributed by atoms with Crippen LogP contribution < -0.4 is 0 Å². The number of carboxylic acids is 1. The number of unbranched alkanes of at least 4 members (excludes halogenated alkanes) is 11. The van der Waals surface area contributed by atoms with Gasteiger partial charge in [-0.05, 0) is 51.4 Å². The molecule has 1 rings (SSSR count). The summed E-state index contributed by atoms with van der Waals surface area (Å²) in [7, 11) is 0. The lowest BCUT2D eigenvalue weighted by Crippen LogP contribution is -2.47. The summed E-state index contributed by atoms with van der Waals surface area (Å²) >= 11 is 0. The van der Waals surface area contributed by atoms with E-state index >= 15 is 0 Å². The van der Waals surface area contributed by atoms with Gasteiger partial charge in [0.15, 0.2) is 0 Å². The molecule has 0 aromatic heterocycles. The standard InChI is InChI=1S/C24H43NO3/c1-2-3-4-5-6-7-8-9-10-11-12-13-14-15-16-20-23(26)25-21-18-17-19-22(25)24(27)28/h9-10,22H,2-8,11-21H2,1H3,(H,27,28)/b10-9-/t22-/m0/s1. The Bertz CT molecular complexity index is 447. The molecule has 28 heavy (non-hydrogen) atoms. The molecule has 0 aliphatic carbocycles. The molecular weight excluding hydrogens is 350 g/mol. The van der Waals surface area contributed by atoms with E-state index in [1.54, 1.807) is 4.90 Å². The second-order valence-corrected chi connectivity index (χ2v) is 8.27. The summed E-state index contributed by atoms with van der Waals surface area (Å²) in [6.45, 7) is 2.87. The van der Waals surface area contributed by atoms with Crippen LogP contribution in [0.1, 0.15) is 116 Å². The maximum atomic E-state index is 12.3. The SMILES string of the molecule is CCCCCCCC/C=C\CCCCCCCC(=O)N1CCCC[C@H]1C(=O)O. The van der Waals surface area contributed by atoms with Gasteiger partial charge >= 0.3 is 5.97 Å². The van der Waals surface area contributed by atoms with E-state index in [0.29, 0.717) is 19.4 Å². The smallest absolute Gasteiger partial charge is 0.326 e. The van der Waals surface area contributed by atoms with Crippen molar-refractivity contribution in [3.63, 3.8) is 0 Å². The van der Waals surface area contributed by atoms with Crippen molar-refractivity contribution in [2.75, 3.05) is 6.54 Å². The zero-order valence-electron chi connectivity index (χ0n) is 18.2. The van der Waals surface area contributed by atoms with Crippen LogP contribution in [0.25, 0.3) is 0 Å². The van der Waals surface area contributed by atoms with Crippen LogP contribution in [0.2, 0.25) is 0 Å². The maximum Gasteiger partial charge on any atom is 0.326 e. The van der Waals surface area contributed by atoms with E-state index in [1.807, 2.05) is 0 Å². The highest BCUT2D eigenvalue weighted by molar-refractivity contribution is 5.83. The maximum absolute atomic E-state index is 12.3. The van der Waals surface area contributed by atoms with Gasteiger partial charge in [-0.3, -0.25) is 4.79 Å². The van der Waals surface area contributed by atoms with Gasteiger partial charge in [-0.15, -0.1) is 0 Å². The van der Waals surface area contributed by atoms with Crippen molar-refractivity contribution in [3.05, 3.63) is 12.2 Å². The van der Waals surface area contributed by atoms with Gasteiger partial charge in [0.25, 0.3) is 0 Å². The molecule has 0 spiro atoms. The molecule has 4 nitrogen and oxygen atoms in total. The van der Waals surface area contributed by atoms with Crippen LogP contribution in [0, 0.1) is 0 Å². The third-order valence-electron chi connectivity index (χ3n) is 5.76. The van der Waals surface area contributed by atoms with Crippen LogP contribution in [0.15, 0.2) is 12.2 Å². The summed E-state index contributed by atoms with van der Waals surface area (Å²) in [5.74, 6) is -0.817. The summed E-state index contributed by atoms with van der Waals surface area (Å²) in [5, 5.41) is 9.26. The number of hydrogen-bond donors (Lipinski definition) is 1. The Morgan fingerprint density at radius 1 is 0.857 bits per heavy atom. The fourth-order valence-electron chi connectivity index (χ4n) is 3.98. The topological polar surface area (TPSA) is 57.6 Å². The monoisotopic (exact) mass is 393 g/mol. The van der Waals surface area contributed by atoms with Crippen LogP contribution in [-0.2, 0) is 9.59 Å². The molecule has 0 bridgehead atoms. The van der Waals surface area contributed by atoms with Crippen LogP contribution in [0.4, 0.5) is 0 Å². The largest absolute Gasteiger partial charge is 0.480 e. The highest BCUT2D eigenvalue weighted by Gasteiger charge is 2.31. The zero-order chi connectivity index (χ0) is 20.5. The first kappa shape index (κ1) is 24.7. The summed E-state index contributed by atoms with van der Waals surface area (Å²) in [5.41, 5.74) is 0. The van der Waals surface area contributed by atoms with Gasteiger partial charge in [0.05, 0.1) is 0 Å². The molecule has 1 N–H and O–H groups in total. The van der Waals surface area contributed by atoms with Gasteiger partial charge in [-0.2, -0.15) is 0 Å². The molecule has 0 unspecified atom stereocenters. The van der Waals surface area contributed by atoms with Crippen molar-refractivity contribution in [1.82, 2.24) is 4.90 Å². The highest BCUT2D eigenvalue weighted by Crippen LogP contribution is 2.19. The molecule has 0 radical (unpaired) electrons. The molecule has 0 saturated carbocycles. The van der Waals surface area contributed by atoms with Gasteiger partial charge in [-0.25, -0.2) is 4.79 Å². The minimum absolute atomic E-state index is 0.0322. The van der Waals surface area contributed by atoms with Gasteiger partial charge in [0.1, 0.15) is 6.04 Å².